The van der Waals surface area contributed by atoms with Gasteiger partial charge in [0.25, 0.3) is 0 Å². The van der Waals surface area contributed by atoms with E-state index in [1.54, 1.807) is 0 Å². The van der Waals surface area contributed by atoms with Crippen molar-refractivity contribution in [3.63, 3.8) is 0 Å². The monoisotopic (exact) mass is 416 g/mol. The van der Waals surface area contributed by atoms with Crippen molar-refractivity contribution in [1.29, 1.82) is 0 Å². The van der Waals surface area contributed by atoms with Gasteiger partial charge in [-0.25, -0.2) is 14.8 Å². The maximum Gasteiger partial charge on any atom is 0.323 e. The van der Waals surface area contributed by atoms with E-state index in [2.05, 4.69) is 30.8 Å². The molecule has 1 aliphatic rings. The minimum absolute atomic E-state index is 0.276. The number of anilines is 5. The minimum atomic E-state index is -0.276. The topological polar surface area (TPSA) is 82.2 Å². The first kappa shape index (κ1) is 20.7. The fourth-order valence-electron chi connectivity index (χ4n) is 3.62. The number of nitrogens with zero attached hydrogens (tertiary/aromatic N) is 3. The molecule has 1 fully saturated rings. The van der Waals surface area contributed by atoms with E-state index in [-0.39, 0.29) is 6.03 Å². The molecule has 0 bridgehead atoms. The third kappa shape index (κ3) is 5.72. The van der Waals surface area contributed by atoms with Crippen molar-refractivity contribution >= 4 is 34.7 Å². The van der Waals surface area contributed by atoms with Crippen LogP contribution in [-0.4, -0.2) is 29.1 Å². The molecular weight excluding hydrogens is 388 g/mol. The highest BCUT2D eigenvalue weighted by Gasteiger charge is 2.14. The van der Waals surface area contributed by atoms with Gasteiger partial charge in [0.2, 0.25) is 0 Å². The SMILES string of the molecule is Cc1ccc(NC(=O)Nc2ccc(Nc3cc(N4CCCCC4)nc(C)n3)cc2)cc1. The molecule has 160 valence electrons. The van der Waals surface area contributed by atoms with Gasteiger partial charge >= 0.3 is 6.03 Å². The molecule has 1 aromatic heterocycles. The lowest BCUT2D eigenvalue weighted by Crippen LogP contribution is -2.30. The lowest BCUT2D eigenvalue weighted by Gasteiger charge is -2.28. The van der Waals surface area contributed by atoms with Gasteiger partial charge in [-0.05, 0) is 69.5 Å². The maximum absolute atomic E-state index is 12.2. The highest BCUT2D eigenvalue weighted by molar-refractivity contribution is 5.99. The zero-order valence-corrected chi connectivity index (χ0v) is 18.0. The summed E-state index contributed by atoms with van der Waals surface area (Å²) in [6.45, 7) is 6.01. The van der Waals surface area contributed by atoms with E-state index in [0.717, 1.165) is 47.5 Å². The van der Waals surface area contributed by atoms with Gasteiger partial charge in [-0.3, -0.25) is 0 Å². The van der Waals surface area contributed by atoms with E-state index in [1.807, 2.05) is 68.4 Å². The summed E-state index contributed by atoms with van der Waals surface area (Å²) in [4.78, 5) is 23.7. The first-order chi connectivity index (χ1) is 15.0. The van der Waals surface area contributed by atoms with E-state index in [0.29, 0.717) is 5.69 Å². The molecule has 0 spiro atoms. The molecule has 3 N–H and O–H groups in total. The van der Waals surface area contributed by atoms with Crippen molar-refractivity contribution < 1.29 is 4.79 Å². The van der Waals surface area contributed by atoms with Crippen LogP contribution in [0.2, 0.25) is 0 Å². The number of carbonyl (C=O) groups excluding carboxylic acids is 1. The van der Waals surface area contributed by atoms with Gasteiger partial charge in [0.15, 0.2) is 0 Å². The zero-order chi connectivity index (χ0) is 21.6. The molecule has 7 nitrogen and oxygen atoms in total. The number of hydrogen-bond donors (Lipinski definition) is 3. The van der Waals surface area contributed by atoms with Gasteiger partial charge in [0.05, 0.1) is 0 Å². The van der Waals surface area contributed by atoms with Crippen molar-refractivity contribution in [2.75, 3.05) is 33.9 Å². The molecule has 1 aliphatic heterocycles. The van der Waals surface area contributed by atoms with Gasteiger partial charge in [0.1, 0.15) is 17.5 Å². The Labute approximate surface area is 182 Å². The summed E-state index contributed by atoms with van der Waals surface area (Å²) < 4.78 is 0. The second kappa shape index (κ2) is 9.47. The molecule has 1 saturated heterocycles. The summed E-state index contributed by atoms with van der Waals surface area (Å²) in [5, 5.41) is 9.02. The Bertz CT molecular complexity index is 1030. The molecule has 0 aliphatic carbocycles. The maximum atomic E-state index is 12.2. The van der Waals surface area contributed by atoms with E-state index in [1.165, 1.54) is 19.3 Å². The molecule has 0 radical (unpaired) electrons. The van der Waals surface area contributed by atoms with E-state index < -0.39 is 0 Å². The van der Waals surface area contributed by atoms with Crippen molar-refractivity contribution in [2.45, 2.75) is 33.1 Å². The Morgan fingerprint density at radius 1 is 0.806 bits per heavy atom. The quantitative estimate of drug-likeness (QED) is 0.514. The molecule has 4 rings (SSSR count). The largest absolute Gasteiger partial charge is 0.356 e. The molecular formula is C24H28N6O. The average molecular weight is 417 g/mol. The average Bonchev–Trinajstić information content (AvgIpc) is 2.77. The van der Waals surface area contributed by atoms with Crippen molar-refractivity contribution in [3.05, 3.63) is 66.0 Å². The molecule has 7 heteroatoms. The Morgan fingerprint density at radius 2 is 1.39 bits per heavy atom. The number of aromatic nitrogens is 2. The third-order valence-electron chi connectivity index (χ3n) is 5.23. The molecule has 0 saturated carbocycles. The fourth-order valence-corrected chi connectivity index (χ4v) is 3.62. The molecule has 31 heavy (non-hydrogen) atoms. The highest BCUT2D eigenvalue weighted by atomic mass is 16.2. The Hall–Kier alpha value is -3.61. The number of piperidine rings is 1. The molecule has 2 aromatic carbocycles. The Balaban J connectivity index is 1.37. The summed E-state index contributed by atoms with van der Waals surface area (Å²) in [6.07, 6.45) is 3.70. The van der Waals surface area contributed by atoms with Crippen LogP contribution in [0.25, 0.3) is 0 Å². The first-order valence-electron chi connectivity index (χ1n) is 10.7. The summed E-state index contributed by atoms with van der Waals surface area (Å²) in [5.41, 5.74) is 3.51. The van der Waals surface area contributed by atoms with Crippen molar-refractivity contribution in [1.82, 2.24) is 9.97 Å². The zero-order valence-electron chi connectivity index (χ0n) is 18.0. The second-order valence-corrected chi connectivity index (χ2v) is 7.85. The smallest absolute Gasteiger partial charge is 0.323 e. The van der Waals surface area contributed by atoms with Crippen molar-refractivity contribution in [2.24, 2.45) is 0 Å². The van der Waals surface area contributed by atoms with E-state index >= 15 is 0 Å². The number of rotatable bonds is 5. The normalized spacial score (nSPS) is 13.5. The van der Waals surface area contributed by atoms with Crippen LogP contribution in [-0.2, 0) is 0 Å². The van der Waals surface area contributed by atoms with Crippen LogP contribution >= 0.6 is 0 Å². The van der Waals surface area contributed by atoms with Crippen molar-refractivity contribution in [3.8, 4) is 0 Å². The molecule has 0 atom stereocenters. The summed E-state index contributed by atoms with van der Waals surface area (Å²) in [5.74, 6) is 2.49. The standard InChI is InChI=1S/C24H28N6O/c1-17-6-8-20(9-7-17)28-24(31)29-21-12-10-19(11-13-21)27-22-16-23(26-18(2)25-22)30-14-4-3-5-15-30/h6-13,16H,3-5,14-15H2,1-2H3,(H,25,26,27)(H2,28,29,31). The number of aryl methyl sites for hydroxylation is 2. The summed E-state index contributed by atoms with van der Waals surface area (Å²) >= 11 is 0. The lowest BCUT2D eigenvalue weighted by atomic mass is 10.1. The Kier molecular flexibility index (Phi) is 6.31. The second-order valence-electron chi connectivity index (χ2n) is 7.85. The molecule has 2 heterocycles. The number of nitrogens with one attached hydrogen (secondary N) is 3. The van der Waals surface area contributed by atoms with Crippen LogP contribution in [0.15, 0.2) is 54.6 Å². The van der Waals surface area contributed by atoms with E-state index in [9.17, 15) is 4.79 Å². The van der Waals surface area contributed by atoms with Gasteiger partial charge in [-0.15, -0.1) is 0 Å². The van der Waals surface area contributed by atoms with Gasteiger partial charge < -0.3 is 20.9 Å². The fraction of sp³-hybridized carbons (Fsp3) is 0.292. The minimum Gasteiger partial charge on any atom is -0.356 e. The summed E-state index contributed by atoms with van der Waals surface area (Å²) in [6, 6.07) is 16.9. The lowest BCUT2D eigenvalue weighted by molar-refractivity contribution is 0.262. The van der Waals surface area contributed by atoms with Crippen LogP contribution in [0.5, 0.6) is 0 Å². The van der Waals surface area contributed by atoms with Crippen LogP contribution < -0.4 is 20.9 Å². The first-order valence-corrected chi connectivity index (χ1v) is 10.7. The highest BCUT2D eigenvalue weighted by Crippen LogP contribution is 2.23. The predicted molar refractivity (Wildman–Crippen MR) is 126 cm³/mol. The molecule has 3 aromatic rings. The number of hydrogen-bond acceptors (Lipinski definition) is 5. The van der Waals surface area contributed by atoms with Crippen LogP contribution in [0, 0.1) is 13.8 Å². The Morgan fingerprint density at radius 3 is 2.03 bits per heavy atom. The van der Waals surface area contributed by atoms with Crippen LogP contribution in [0.1, 0.15) is 30.7 Å². The number of benzene rings is 2. The third-order valence-corrected chi connectivity index (χ3v) is 5.23. The van der Waals surface area contributed by atoms with Gasteiger partial charge in [-0.2, -0.15) is 0 Å². The molecule has 2 amide bonds. The number of urea groups is 1. The van der Waals surface area contributed by atoms with Gasteiger partial charge in [0, 0.05) is 36.2 Å². The number of amides is 2. The molecule has 0 unspecified atom stereocenters. The van der Waals surface area contributed by atoms with Gasteiger partial charge in [-0.1, -0.05) is 17.7 Å². The van der Waals surface area contributed by atoms with Crippen LogP contribution in [0.4, 0.5) is 33.5 Å². The van der Waals surface area contributed by atoms with Crippen LogP contribution in [0.3, 0.4) is 0 Å². The number of carbonyl (C=O) groups is 1. The summed E-state index contributed by atoms with van der Waals surface area (Å²) in [7, 11) is 0. The van der Waals surface area contributed by atoms with E-state index in [4.69, 9.17) is 0 Å². The predicted octanol–water partition coefficient (Wildman–Crippen LogP) is 5.47.